The Balaban J connectivity index is 2.10. The molecule has 4 N–H and O–H groups in total. The second-order valence-corrected chi connectivity index (χ2v) is 6.05. The minimum atomic E-state index is -1.08. The van der Waals surface area contributed by atoms with Crippen molar-refractivity contribution in [2.75, 3.05) is 6.54 Å². The number of ether oxygens (including phenoxy) is 1. The number of aromatic nitrogens is 3. The lowest BCUT2D eigenvalue weighted by atomic mass is 10.1. The Bertz CT molecular complexity index is 652. The van der Waals surface area contributed by atoms with Crippen molar-refractivity contribution in [2.24, 2.45) is 5.73 Å². The number of nitrogens with two attached hydrogens (primary N) is 1. The van der Waals surface area contributed by atoms with Crippen LogP contribution in [0.25, 0.3) is 11.0 Å². The number of hydrogen-bond donors (Lipinski definition) is 3. The van der Waals surface area contributed by atoms with Crippen LogP contribution in [-0.2, 0) is 4.74 Å². The molecule has 0 amide bonds. The van der Waals surface area contributed by atoms with Crippen LogP contribution >= 0.6 is 34.2 Å². The zero-order valence-corrected chi connectivity index (χ0v) is 13.1. The van der Waals surface area contributed by atoms with E-state index in [0.29, 0.717) is 16.2 Å². The van der Waals surface area contributed by atoms with Gasteiger partial charge in [-0.25, -0.2) is 9.97 Å². The third-order valence-corrected chi connectivity index (χ3v) is 4.46. The van der Waals surface area contributed by atoms with Crippen LogP contribution < -0.4 is 5.73 Å². The van der Waals surface area contributed by atoms with Gasteiger partial charge in [0.15, 0.2) is 6.23 Å². The van der Waals surface area contributed by atoms with E-state index in [1.54, 1.807) is 10.8 Å². The molecular formula is C11H12ClIN4O3. The van der Waals surface area contributed by atoms with Crippen molar-refractivity contribution < 1.29 is 14.9 Å². The Morgan fingerprint density at radius 3 is 2.80 bits per heavy atom. The molecule has 1 fully saturated rings. The molecule has 9 heteroatoms. The second-order valence-electron chi connectivity index (χ2n) is 4.53. The standard InChI is InChI=1S/C11H12ClIN4O3/c12-9-6-4(13)2-17(10(6)16-3-15-9)11-8(19)7(18)5(1-14)20-11/h2-3,5,7-8,11,18-19H,1,14H2/t5-,7-,8-,11+/m1/s1. The molecule has 20 heavy (non-hydrogen) atoms. The van der Waals surface area contributed by atoms with Gasteiger partial charge in [-0.1, -0.05) is 11.6 Å². The van der Waals surface area contributed by atoms with E-state index in [9.17, 15) is 10.2 Å². The predicted molar refractivity (Wildman–Crippen MR) is 80.2 cm³/mol. The molecule has 0 unspecified atom stereocenters. The average Bonchev–Trinajstić information content (AvgIpc) is 2.90. The molecule has 2 aromatic heterocycles. The molecule has 0 radical (unpaired) electrons. The van der Waals surface area contributed by atoms with Gasteiger partial charge in [-0.15, -0.1) is 0 Å². The molecule has 3 rings (SSSR count). The van der Waals surface area contributed by atoms with Crippen molar-refractivity contribution in [3.63, 3.8) is 0 Å². The first-order valence-electron chi connectivity index (χ1n) is 5.92. The molecule has 0 bridgehead atoms. The van der Waals surface area contributed by atoms with Crippen LogP contribution in [0.1, 0.15) is 6.23 Å². The maximum atomic E-state index is 10.1. The Morgan fingerprint density at radius 1 is 1.40 bits per heavy atom. The normalized spacial score (nSPS) is 30.2. The van der Waals surface area contributed by atoms with Crippen LogP contribution in [-0.4, -0.2) is 49.6 Å². The predicted octanol–water partition coefficient (Wildman–Crippen LogP) is 0.267. The third-order valence-electron chi connectivity index (χ3n) is 3.36. The first kappa shape index (κ1) is 14.4. The zero-order chi connectivity index (χ0) is 14.4. The van der Waals surface area contributed by atoms with E-state index >= 15 is 0 Å². The van der Waals surface area contributed by atoms with Crippen molar-refractivity contribution in [1.82, 2.24) is 14.5 Å². The van der Waals surface area contributed by atoms with Gasteiger partial charge < -0.3 is 25.3 Å². The van der Waals surface area contributed by atoms with Gasteiger partial charge >= 0.3 is 0 Å². The third kappa shape index (κ3) is 2.11. The van der Waals surface area contributed by atoms with E-state index in [-0.39, 0.29) is 6.54 Å². The number of aliphatic hydroxyl groups is 2. The van der Waals surface area contributed by atoms with E-state index < -0.39 is 24.5 Å². The Hall–Kier alpha value is -0.520. The SMILES string of the molecule is NC[C@H]1O[C@H](n2cc(I)c3c(Cl)ncnc32)[C@H](O)[C@@H]1O. The Morgan fingerprint density at radius 2 is 2.15 bits per heavy atom. The van der Waals surface area contributed by atoms with Gasteiger partial charge in [-0.3, -0.25) is 0 Å². The summed E-state index contributed by atoms with van der Waals surface area (Å²) in [5.41, 5.74) is 6.06. The number of aliphatic hydroxyl groups excluding tert-OH is 2. The summed E-state index contributed by atoms with van der Waals surface area (Å²) in [5.74, 6) is 0. The van der Waals surface area contributed by atoms with Crippen LogP contribution in [0.15, 0.2) is 12.5 Å². The van der Waals surface area contributed by atoms with Gasteiger partial charge in [0, 0.05) is 16.3 Å². The van der Waals surface area contributed by atoms with E-state index in [0.717, 1.165) is 3.57 Å². The van der Waals surface area contributed by atoms with Crippen molar-refractivity contribution >= 4 is 45.2 Å². The van der Waals surface area contributed by atoms with Crippen molar-refractivity contribution in [1.29, 1.82) is 0 Å². The molecule has 7 nitrogen and oxygen atoms in total. The van der Waals surface area contributed by atoms with Gasteiger partial charge in [-0.2, -0.15) is 0 Å². The maximum Gasteiger partial charge on any atom is 0.164 e. The Labute approximate surface area is 132 Å². The number of halogens is 2. The largest absolute Gasteiger partial charge is 0.387 e. The summed E-state index contributed by atoms with van der Waals surface area (Å²) in [4.78, 5) is 8.11. The van der Waals surface area contributed by atoms with Crippen molar-refractivity contribution in [3.8, 4) is 0 Å². The molecule has 4 atom stereocenters. The molecule has 1 saturated heterocycles. The van der Waals surface area contributed by atoms with Gasteiger partial charge in [0.25, 0.3) is 0 Å². The van der Waals surface area contributed by atoms with Gasteiger partial charge in [-0.05, 0) is 22.6 Å². The summed E-state index contributed by atoms with van der Waals surface area (Å²) >= 11 is 8.17. The molecular weight excluding hydrogens is 399 g/mol. The fourth-order valence-electron chi connectivity index (χ4n) is 2.35. The number of fused-ring (bicyclic) bond motifs is 1. The highest BCUT2D eigenvalue weighted by atomic mass is 127. The summed E-state index contributed by atoms with van der Waals surface area (Å²) in [6.45, 7) is 0.126. The van der Waals surface area contributed by atoms with E-state index in [4.69, 9.17) is 22.1 Å². The Kier molecular flexibility index (Phi) is 3.86. The first-order chi connectivity index (χ1) is 9.54. The molecule has 0 saturated carbocycles. The van der Waals surface area contributed by atoms with Gasteiger partial charge in [0.2, 0.25) is 0 Å². The van der Waals surface area contributed by atoms with E-state index in [1.807, 2.05) is 0 Å². The van der Waals surface area contributed by atoms with E-state index in [1.165, 1.54) is 6.33 Å². The lowest BCUT2D eigenvalue weighted by Gasteiger charge is -2.17. The molecule has 2 aromatic rings. The smallest absolute Gasteiger partial charge is 0.164 e. The highest BCUT2D eigenvalue weighted by molar-refractivity contribution is 14.1. The monoisotopic (exact) mass is 410 g/mol. The quantitative estimate of drug-likeness (QED) is 0.485. The number of rotatable bonds is 2. The molecule has 0 aliphatic carbocycles. The minimum absolute atomic E-state index is 0.126. The zero-order valence-electron chi connectivity index (χ0n) is 10.1. The lowest BCUT2D eigenvalue weighted by Crippen LogP contribution is -2.35. The minimum Gasteiger partial charge on any atom is -0.387 e. The van der Waals surface area contributed by atoms with Crippen LogP contribution in [0.5, 0.6) is 0 Å². The van der Waals surface area contributed by atoms with Crippen LogP contribution in [0, 0.1) is 3.57 Å². The van der Waals surface area contributed by atoms with Crippen LogP contribution in [0.2, 0.25) is 5.15 Å². The summed E-state index contributed by atoms with van der Waals surface area (Å²) in [5, 5.41) is 21.0. The van der Waals surface area contributed by atoms with E-state index in [2.05, 4.69) is 32.6 Å². The highest BCUT2D eigenvalue weighted by Gasteiger charge is 2.43. The second kappa shape index (κ2) is 5.35. The molecule has 0 spiro atoms. The fourth-order valence-corrected chi connectivity index (χ4v) is 3.54. The fraction of sp³-hybridized carbons (Fsp3) is 0.455. The first-order valence-corrected chi connectivity index (χ1v) is 7.38. The topological polar surface area (TPSA) is 106 Å². The van der Waals surface area contributed by atoms with Gasteiger partial charge in [0.05, 0.1) is 5.39 Å². The summed E-state index contributed by atoms with van der Waals surface area (Å²) < 4.78 is 8.10. The molecule has 3 heterocycles. The van der Waals surface area contributed by atoms with Crippen molar-refractivity contribution in [3.05, 3.63) is 21.2 Å². The molecule has 108 valence electrons. The van der Waals surface area contributed by atoms with Crippen LogP contribution in [0.4, 0.5) is 0 Å². The molecule has 1 aliphatic heterocycles. The molecule has 1 aliphatic rings. The number of hydrogen-bond acceptors (Lipinski definition) is 6. The molecule has 0 aromatic carbocycles. The van der Waals surface area contributed by atoms with Gasteiger partial charge in [0.1, 0.15) is 35.4 Å². The summed E-state index contributed by atoms with van der Waals surface area (Å²) in [7, 11) is 0. The van der Waals surface area contributed by atoms with Crippen LogP contribution in [0.3, 0.4) is 0 Å². The lowest BCUT2D eigenvalue weighted by molar-refractivity contribution is -0.0319. The summed E-state index contributed by atoms with van der Waals surface area (Å²) in [6.07, 6.45) is -0.375. The maximum absolute atomic E-state index is 10.1. The number of nitrogens with zero attached hydrogens (tertiary/aromatic N) is 3. The van der Waals surface area contributed by atoms with Crippen molar-refractivity contribution in [2.45, 2.75) is 24.5 Å². The highest BCUT2D eigenvalue weighted by Crippen LogP contribution is 2.35. The average molecular weight is 411 g/mol. The summed E-state index contributed by atoms with van der Waals surface area (Å²) in [6, 6.07) is 0.